The maximum Gasteiger partial charge on any atom is 0.242 e. The number of hydrogen-bond donors (Lipinski definition) is 0. The highest BCUT2D eigenvalue weighted by atomic mass is 19.3. The van der Waals surface area contributed by atoms with Crippen LogP contribution in [0.2, 0.25) is 0 Å². The van der Waals surface area contributed by atoms with Gasteiger partial charge in [0.15, 0.2) is 0 Å². The van der Waals surface area contributed by atoms with Crippen molar-refractivity contribution in [3.63, 3.8) is 0 Å². The quantitative estimate of drug-likeness (QED) is 0.300. The van der Waals surface area contributed by atoms with Crippen molar-refractivity contribution >= 4 is 0 Å². The molecule has 25 heavy (non-hydrogen) atoms. The maximum absolute atomic E-state index is 12.2. The van der Waals surface area contributed by atoms with E-state index < -0.39 is 6.43 Å². The SMILES string of the molecule is CCCCCCCc1ccc([C@H]2CC[C@H](C=CCC(F)F)CC2)cc1. The summed E-state index contributed by atoms with van der Waals surface area (Å²) < 4.78 is 24.4. The molecule has 0 saturated heterocycles. The van der Waals surface area contributed by atoms with Crippen LogP contribution in [0.4, 0.5) is 8.78 Å². The van der Waals surface area contributed by atoms with E-state index in [0.717, 1.165) is 12.8 Å². The van der Waals surface area contributed by atoms with E-state index in [1.54, 1.807) is 6.08 Å². The Labute approximate surface area is 152 Å². The molecule has 0 radical (unpaired) electrons. The minimum Gasteiger partial charge on any atom is -0.210 e. The second kappa shape index (κ2) is 11.4. The average Bonchev–Trinajstić information content (AvgIpc) is 2.62. The summed E-state index contributed by atoms with van der Waals surface area (Å²) in [7, 11) is 0. The first kappa shape index (κ1) is 20.1. The van der Waals surface area contributed by atoms with Gasteiger partial charge in [0.25, 0.3) is 0 Å². The maximum atomic E-state index is 12.2. The number of benzene rings is 1. The summed E-state index contributed by atoms with van der Waals surface area (Å²) in [6, 6.07) is 9.26. The van der Waals surface area contributed by atoms with Gasteiger partial charge in [-0.25, -0.2) is 8.78 Å². The molecule has 0 N–H and O–H groups in total. The smallest absolute Gasteiger partial charge is 0.210 e. The second-order valence-corrected chi connectivity index (χ2v) is 7.57. The third kappa shape index (κ3) is 7.71. The summed E-state index contributed by atoms with van der Waals surface area (Å²) in [5.74, 6) is 1.15. The summed E-state index contributed by atoms with van der Waals surface area (Å²) in [6.45, 7) is 2.26. The first-order valence-corrected chi connectivity index (χ1v) is 10.2. The molecule has 1 saturated carbocycles. The minimum atomic E-state index is -2.21. The molecule has 2 rings (SSSR count). The molecule has 140 valence electrons. The fourth-order valence-electron chi connectivity index (χ4n) is 3.91. The van der Waals surface area contributed by atoms with Crippen LogP contribution in [0.5, 0.6) is 0 Å². The molecule has 0 unspecified atom stereocenters. The molecule has 0 nitrogen and oxygen atoms in total. The monoisotopic (exact) mass is 348 g/mol. The van der Waals surface area contributed by atoms with Crippen LogP contribution >= 0.6 is 0 Å². The van der Waals surface area contributed by atoms with Crippen LogP contribution in [0.3, 0.4) is 0 Å². The fourth-order valence-corrected chi connectivity index (χ4v) is 3.91. The zero-order valence-corrected chi connectivity index (χ0v) is 15.7. The predicted molar refractivity (Wildman–Crippen MR) is 103 cm³/mol. The Morgan fingerprint density at radius 2 is 1.64 bits per heavy atom. The van der Waals surface area contributed by atoms with Crippen LogP contribution in [-0.2, 0) is 6.42 Å². The zero-order chi connectivity index (χ0) is 17.9. The Morgan fingerprint density at radius 1 is 0.960 bits per heavy atom. The zero-order valence-electron chi connectivity index (χ0n) is 15.7. The molecule has 0 aliphatic heterocycles. The van der Waals surface area contributed by atoms with Gasteiger partial charge >= 0.3 is 0 Å². The molecule has 0 amide bonds. The van der Waals surface area contributed by atoms with Gasteiger partial charge in [-0.2, -0.15) is 0 Å². The van der Waals surface area contributed by atoms with E-state index in [1.165, 1.54) is 62.5 Å². The van der Waals surface area contributed by atoms with Crippen molar-refractivity contribution in [2.24, 2.45) is 5.92 Å². The van der Waals surface area contributed by atoms with Crippen molar-refractivity contribution in [2.75, 3.05) is 0 Å². The lowest BCUT2D eigenvalue weighted by Crippen LogP contribution is -2.11. The van der Waals surface area contributed by atoms with E-state index in [1.807, 2.05) is 6.08 Å². The molecule has 1 fully saturated rings. The summed E-state index contributed by atoms with van der Waals surface area (Å²) in [6.07, 6.45) is 13.9. The Morgan fingerprint density at radius 3 is 2.28 bits per heavy atom. The molecular weight excluding hydrogens is 314 g/mol. The standard InChI is InChI=1S/C23H34F2/c1-2-3-4-5-6-8-19-11-15-21(16-12-19)22-17-13-20(14-18-22)9-7-10-23(24)25/h7,9,11-12,15-16,20,22-23H,2-6,8,10,13-14,17-18H2,1H3/t20-,22-. The van der Waals surface area contributed by atoms with Crippen molar-refractivity contribution in [3.8, 4) is 0 Å². The summed E-state index contributed by atoms with van der Waals surface area (Å²) in [5.41, 5.74) is 2.92. The van der Waals surface area contributed by atoms with Crippen LogP contribution in [0.25, 0.3) is 0 Å². The third-order valence-corrected chi connectivity index (χ3v) is 5.51. The number of unbranched alkanes of at least 4 members (excludes halogenated alkanes) is 4. The van der Waals surface area contributed by atoms with Crippen LogP contribution in [0, 0.1) is 5.92 Å². The summed E-state index contributed by atoms with van der Waals surface area (Å²) in [5, 5.41) is 0. The Bertz CT molecular complexity index is 481. The molecule has 0 atom stereocenters. The van der Waals surface area contributed by atoms with E-state index >= 15 is 0 Å². The normalized spacial score (nSPS) is 21.3. The first-order chi connectivity index (χ1) is 12.2. The Kier molecular flexibility index (Phi) is 9.21. The first-order valence-electron chi connectivity index (χ1n) is 10.2. The number of hydrogen-bond acceptors (Lipinski definition) is 0. The highest BCUT2D eigenvalue weighted by molar-refractivity contribution is 5.26. The van der Waals surface area contributed by atoms with Crippen LogP contribution in [-0.4, -0.2) is 6.43 Å². The van der Waals surface area contributed by atoms with Gasteiger partial charge in [-0.1, -0.05) is 69.0 Å². The minimum absolute atomic E-state index is 0.0974. The van der Waals surface area contributed by atoms with Gasteiger partial charge in [-0.3, -0.25) is 0 Å². The van der Waals surface area contributed by atoms with Crippen molar-refractivity contribution < 1.29 is 8.78 Å². The highest BCUT2D eigenvalue weighted by Gasteiger charge is 2.20. The summed E-state index contributed by atoms with van der Waals surface area (Å²) >= 11 is 0. The molecule has 1 aromatic rings. The van der Waals surface area contributed by atoms with E-state index in [0.29, 0.717) is 11.8 Å². The topological polar surface area (TPSA) is 0 Å². The molecule has 0 heterocycles. The van der Waals surface area contributed by atoms with Gasteiger partial charge in [0, 0.05) is 6.42 Å². The lowest BCUT2D eigenvalue weighted by Gasteiger charge is -2.27. The van der Waals surface area contributed by atoms with E-state index in [2.05, 4.69) is 31.2 Å². The number of alkyl halides is 2. The lowest BCUT2D eigenvalue weighted by atomic mass is 9.78. The van der Waals surface area contributed by atoms with Gasteiger partial charge in [0.05, 0.1) is 0 Å². The second-order valence-electron chi connectivity index (χ2n) is 7.57. The van der Waals surface area contributed by atoms with Crippen molar-refractivity contribution in [2.45, 2.75) is 89.9 Å². The average molecular weight is 349 g/mol. The van der Waals surface area contributed by atoms with Crippen LogP contribution in [0.1, 0.15) is 88.2 Å². The molecule has 2 heteroatoms. The van der Waals surface area contributed by atoms with Gasteiger partial charge < -0.3 is 0 Å². The molecule has 0 bridgehead atoms. The van der Waals surface area contributed by atoms with Gasteiger partial charge in [0.1, 0.15) is 0 Å². The molecule has 1 aromatic carbocycles. The number of aryl methyl sites for hydroxylation is 1. The summed E-state index contributed by atoms with van der Waals surface area (Å²) in [4.78, 5) is 0. The van der Waals surface area contributed by atoms with Gasteiger partial charge in [0.2, 0.25) is 6.43 Å². The van der Waals surface area contributed by atoms with E-state index in [4.69, 9.17) is 0 Å². The number of rotatable bonds is 10. The van der Waals surface area contributed by atoms with Crippen LogP contribution < -0.4 is 0 Å². The van der Waals surface area contributed by atoms with Crippen molar-refractivity contribution in [3.05, 3.63) is 47.5 Å². The Hall–Kier alpha value is -1.18. The fraction of sp³-hybridized carbons (Fsp3) is 0.652. The predicted octanol–water partition coefficient (Wildman–Crippen LogP) is 7.68. The van der Waals surface area contributed by atoms with Gasteiger partial charge in [-0.05, 0) is 61.5 Å². The number of halogens is 2. The van der Waals surface area contributed by atoms with E-state index in [9.17, 15) is 8.78 Å². The van der Waals surface area contributed by atoms with Gasteiger partial charge in [-0.15, -0.1) is 0 Å². The lowest BCUT2D eigenvalue weighted by molar-refractivity contribution is 0.152. The molecule has 0 aromatic heterocycles. The molecular formula is C23H34F2. The third-order valence-electron chi connectivity index (χ3n) is 5.51. The molecule has 1 aliphatic carbocycles. The highest BCUT2D eigenvalue weighted by Crippen LogP contribution is 2.36. The van der Waals surface area contributed by atoms with Crippen molar-refractivity contribution in [1.29, 1.82) is 0 Å². The number of allylic oxidation sites excluding steroid dienone is 2. The Balaban J connectivity index is 1.71. The largest absolute Gasteiger partial charge is 0.242 e. The van der Waals surface area contributed by atoms with Crippen molar-refractivity contribution in [1.82, 2.24) is 0 Å². The molecule has 1 aliphatic rings. The van der Waals surface area contributed by atoms with E-state index in [-0.39, 0.29) is 6.42 Å². The molecule has 0 spiro atoms. The van der Waals surface area contributed by atoms with Crippen LogP contribution in [0.15, 0.2) is 36.4 Å².